The van der Waals surface area contributed by atoms with Crippen LogP contribution < -0.4 is 5.32 Å². The van der Waals surface area contributed by atoms with Gasteiger partial charge in [0, 0.05) is 4.47 Å². The van der Waals surface area contributed by atoms with Gasteiger partial charge in [0.2, 0.25) is 5.91 Å². The number of hydrogen-bond donors (Lipinski definition) is 1. The van der Waals surface area contributed by atoms with Crippen molar-refractivity contribution >= 4 is 27.8 Å². The molecule has 0 bridgehead atoms. The standard InChI is InChI=1S/C13H13BrN2O3/c1-19-13(18)8-11(16-12(17)6-7-15)9-2-4-10(14)5-3-9/h2-5,11H,6,8H2,1H3,(H,16,17)/t11-/m1/s1. The Labute approximate surface area is 119 Å². The van der Waals surface area contributed by atoms with E-state index in [4.69, 9.17) is 5.26 Å². The quantitative estimate of drug-likeness (QED) is 0.841. The number of halogens is 1. The third kappa shape index (κ3) is 5.10. The number of nitrogens with one attached hydrogen (secondary N) is 1. The first-order chi connectivity index (χ1) is 9.06. The molecule has 1 rings (SSSR count). The lowest BCUT2D eigenvalue weighted by atomic mass is 10.0. The van der Waals surface area contributed by atoms with Gasteiger partial charge in [-0.15, -0.1) is 0 Å². The third-order valence-electron chi connectivity index (χ3n) is 2.45. The Bertz CT molecular complexity index is 494. The maximum atomic E-state index is 11.5. The molecule has 5 nitrogen and oxygen atoms in total. The van der Waals surface area contributed by atoms with Crippen molar-refractivity contribution in [2.24, 2.45) is 0 Å². The predicted molar refractivity (Wildman–Crippen MR) is 71.9 cm³/mol. The van der Waals surface area contributed by atoms with Crippen molar-refractivity contribution in [1.29, 1.82) is 5.26 Å². The Balaban J connectivity index is 2.85. The Morgan fingerprint density at radius 1 is 1.42 bits per heavy atom. The van der Waals surface area contributed by atoms with Crippen molar-refractivity contribution in [1.82, 2.24) is 5.32 Å². The first kappa shape index (κ1) is 15.2. The molecule has 0 fully saturated rings. The Kier molecular flexibility index (Phi) is 6.03. The summed E-state index contributed by atoms with van der Waals surface area (Å²) in [7, 11) is 1.29. The summed E-state index contributed by atoms with van der Waals surface area (Å²) in [6.45, 7) is 0. The van der Waals surface area contributed by atoms with Crippen molar-refractivity contribution < 1.29 is 14.3 Å². The maximum Gasteiger partial charge on any atom is 0.307 e. The lowest BCUT2D eigenvalue weighted by Gasteiger charge is -2.17. The molecule has 19 heavy (non-hydrogen) atoms. The molecule has 0 unspecified atom stereocenters. The fourth-order valence-electron chi connectivity index (χ4n) is 1.51. The van der Waals surface area contributed by atoms with E-state index in [1.54, 1.807) is 18.2 Å². The van der Waals surface area contributed by atoms with E-state index in [2.05, 4.69) is 26.0 Å². The first-order valence-electron chi connectivity index (χ1n) is 5.55. The second kappa shape index (κ2) is 7.54. The Morgan fingerprint density at radius 3 is 2.58 bits per heavy atom. The minimum atomic E-state index is -0.499. The van der Waals surface area contributed by atoms with E-state index >= 15 is 0 Å². The van der Waals surface area contributed by atoms with Crippen LogP contribution in [-0.2, 0) is 14.3 Å². The van der Waals surface area contributed by atoms with Crippen LogP contribution in [-0.4, -0.2) is 19.0 Å². The molecule has 1 atom stereocenters. The predicted octanol–water partition coefficient (Wildman–Crippen LogP) is 2.08. The fourth-order valence-corrected chi connectivity index (χ4v) is 1.78. The molecule has 1 aromatic carbocycles. The summed E-state index contributed by atoms with van der Waals surface area (Å²) < 4.78 is 5.50. The molecular formula is C13H13BrN2O3. The number of carbonyl (C=O) groups excluding carboxylic acids is 2. The molecule has 0 aliphatic carbocycles. The number of nitriles is 1. The van der Waals surface area contributed by atoms with Crippen molar-refractivity contribution in [2.75, 3.05) is 7.11 Å². The van der Waals surface area contributed by atoms with E-state index in [1.165, 1.54) is 7.11 Å². The van der Waals surface area contributed by atoms with Crippen LogP contribution in [0.25, 0.3) is 0 Å². The number of nitrogens with zero attached hydrogens (tertiary/aromatic N) is 1. The van der Waals surface area contributed by atoms with Gasteiger partial charge in [0.15, 0.2) is 0 Å². The zero-order chi connectivity index (χ0) is 14.3. The summed E-state index contributed by atoms with van der Waals surface area (Å²) in [6, 6.07) is 8.49. The number of methoxy groups -OCH3 is 1. The van der Waals surface area contributed by atoms with Gasteiger partial charge < -0.3 is 10.1 Å². The molecule has 0 aromatic heterocycles. The maximum absolute atomic E-state index is 11.5. The van der Waals surface area contributed by atoms with Crippen LogP contribution in [0.15, 0.2) is 28.7 Å². The van der Waals surface area contributed by atoms with Gasteiger partial charge in [-0.2, -0.15) is 5.26 Å². The van der Waals surface area contributed by atoms with Crippen LogP contribution >= 0.6 is 15.9 Å². The van der Waals surface area contributed by atoms with Crippen molar-refractivity contribution in [3.05, 3.63) is 34.3 Å². The lowest BCUT2D eigenvalue weighted by molar-refractivity contribution is -0.141. The normalized spacial score (nSPS) is 11.2. The minimum Gasteiger partial charge on any atom is -0.469 e. The van der Waals surface area contributed by atoms with Gasteiger partial charge in [0.1, 0.15) is 6.42 Å². The molecule has 0 radical (unpaired) electrons. The van der Waals surface area contributed by atoms with Crippen molar-refractivity contribution in [3.8, 4) is 6.07 Å². The number of benzene rings is 1. The lowest BCUT2D eigenvalue weighted by Crippen LogP contribution is -2.30. The number of ether oxygens (including phenoxy) is 1. The number of amides is 1. The van der Waals surface area contributed by atoms with E-state index in [-0.39, 0.29) is 12.8 Å². The highest BCUT2D eigenvalue weighted by Crippen LogP contribution is 2.20. The Hall–Kier alpha value is -1.87. The van der Waals surface area contributed by atoms with Crippen LogP contribution in [0.4, 0.5) is 0 Å². The van der Waals surface area contributed by atoms with E-state index in [1.807, 2.05) is 12.1 Å². The molecule has 0 aliphatic heterocycles. The topological polar surface area (TPSA) is 79.2 Å². The van der Waals surface area contributed by atoms with Gasteiger partial charge in [0.25, 0.3) is 0 Å². The van der Waals surface area contributed by atoms with E-state index in [0.29, 0.717) is 0 Å². The molecule has 0 saturated heterocycles. The summed E-state index contributed by atoms with van der Waals surface area (Å²) in [4.78, 5) is 22.8. The van der Waals surface area contributed by atoms with Gasteiger partial charge in [0.05, 0.1) is 25.6 Å². The molecule has 6 heteroatoms. The zero-order valence-corrected chi connectivity index (χ0v) is 11.9. The minimum absolute atomic E-state index is 0.0231. The average molecular weight is 325 g/mol. The molecule has 0 aliphatic rings. The fraction of sp³-hybridized carbons (Fsp3) is 0.308. The summed E-state index contributed by atoms with van der Waals surface area (Å²) in [5.41, 5.74) is 0.778. The SMILES string of the molecule is COC(=O)C[C@@H](NC(=O)CC#N)c1ccc(Br)cc1. The third-order valence-corrected chi connectivity index (χ3v) is 2.97. The van der Waals surface area contributed by atoms with Gasteiger partial charge >= 0.3 is 5.97 Å². The Morgan fingerprint density at radius 2 is 2.05 bits per heavy atom. The van der Waals surface area contributed by atoms with Crippen molar-refractivity contribution in [3.63, 3.8) is 0 Å². The summed E-state index contributed by atoms with van der Waals surface area (Å²) in [5, 5.41) is 11.1. The zero-order valence-electron chi connectivity index (χ0n) is 10.4. The average Bonchev–Trinajstić information content (AvgIpc) is 2.39. The van der Waals surface area contributed by atoms with Crippen LogP contribution in [0, 0.1) is 11.3 Å². The van der Waals surface area contributed by atoms with E-state index < -0.39 is 17.9 Å². The summed E-state index contributed by atoms with van der Waals surface area (Å²) in [5.74, 6) is -0.843. The van der Waals surface area contributed by atoms with Crippen LogP contribution in [0.2, 0.25) is 0 Å². The second-order valence-corrected chi connectivity index (χ2v) is 4.70. The molecule has 0 saturated carbocycles. The number of carbonyl (C=O) groups is 2. The van der Waals surface area contributed by atoms with Gasteiger partial charge in [-0.05, 0) is 17.7 Å². The smallest absolute Gasteiger partial charge is 0.307 e. The van der Waals surface area contributed by atoms with Gasteiger partial charge in [-0.1, -0.05) is 28.1 Å². The first-order valence-corrected chi connectivity index (χ1v) is 6.34. The molecular weight excluding hydrogens is 312 g/mol. The summed E-state index contributed by atoms with van der Waals surface area (Å²) in [6.07, 6.45) is -0.219. The van der Waals surface area contributed by atoms with Crippen LogP contribution in [0.1, 0.15) is 24.4 Å². The van der Waals surface area contributed by atoms with E-state index in [9.17, 15) is 9.59 Å². The highest BCUT2D eigenvalue weighted by molar-refractivity contribution is 9.10. The second-order valence-electron chi connectivity index (χ2n) is 3.79. The van der Waals surface area contributed by atoms with Crippen LogP contribution in [0.5, 0.6) is 0 Å². The number of hydrogen-bond acceptors (Lipinski definition) is 4. The molecule has 1 amide bonds. The highest BCUT2D eigenvalue weighted by Gasteiger charge is 2.18. The molecule has 100 valence electrons. The largest absolute Gasteiger partial charge is 0.469 e. The molecule has 0 heterocycles. The monoisotopic (exact) mass is 324 g/mol. The number of esters is 1. The van der Waals surface area contributed by atoms with Crippen LogP contribution in [0.3, 0.4) is 0 Å². The molecule has 0 spiro atoms. The summed E-state index contributed by atoms with van der Waals surface area (Å²) >= 11 is 3.31. The molecule has 1 aromatic rings. The van der Waals surface area contributed by atoms with E-state index in [0.717, 1.165) is 10.0 Å². The highest BCUT2D eigenvalue weighted by atomic mass is 79.9. The molecule has 1 N–H and O–H groups in total. The van der Waals surface area contributed by atoms with Crippen molar-refractivity contribution in [2.45, 2.75) is 18.9 Å². The van der Waals surface area contributed by atoms with Gasteiger partial charge in [-0.25, -0.2) is 0 Å². The number of rotatable bonds is 5. The van der Waals surface area contributed by atoms with Gasteiger partial charge in [-0.3, -0.25) is 9.59 Å².